The van der Waals surface area contributed by atoms with Gasteiger partial charge in [-0.3, -0.25) is 9.59 Å². The summed E-state index contributed by atoms with van der Waals surface area (Å²) >= 11 is 6.21. The average molecular weight is 361 g/mol. The topological polar surface area (TPSA) is 59.5 Å². The number of halogens is 1. The zero-order valence-electron chi connectivity index (χ0n) is 14.3. The molecular weight excluding hydrogens is 340 g/mol. The van der Waals surface area contributed by atoms with E-state index >= 15 is 0 Å². The van der Waals surface area contributed by atoms with E-state index in [1.54, 1.807) is 4.90 Å². The Labute approximate surface area is 151 Å². The predicted molar refractivity (Wildman–Crippen MR) is 96.3 cm³/mol. The van der Waals surface area contributed by atoms with Crippen LogP contribution in [-0.4, -0.2) is 34.8 Å². The molecule has 1 fully saturated rings. The quantitative estimate of drug-likeness (QED) is 0.617. The van der Waals surface area contributed by atoms with Crippen molar-refractivity contribution in [2.24, 2.45) is 0 Å². The van der Waals surface area contributed by atoms with Gasteiger partial charge < -0.3 is 9.64 Å². The second kappa shape index (κ2) is 7.83. The van der Waals surface area contributed by atoms with Crippen LogP contribution in [-0.2, 0) is 20.9 Å². The van der Waals surface area contributed by atoms with Gasteiger partial charge in [-0.15, -0.1) is 0 Å². The van der Waals surface area contributed by atoms with Gasteiger partial charge in [0.25, 0.3) is 0 Å². The Bertz CT molecular complexity index is 807. The van der Waals surface area contributed by atoms with Crippen LogP contribution in [0.3, 0.4) is 0 Å². The average Bonchev–Trinajstić information content (AvgIpc) is 2.77. The first-order chi connectivity index (χ1) is 12.0. The maximum atomic E-state index is 12.1. The van der Waals surface area contributed by atoms with Crippen molar-refractivity contribution in [2.45, 2.75) is 39.2 Å². The Kier molecular flexibility index (Phi) is 5.53. The van der Waals surface area contributed by atoms with E-state index < -0.39 is 5.97 Å². The molecule has 132 valence electrons. The van der Waals surface area contributed by atoms with Crippen molar-refractivity contribution in [3.63, 3.8) is 0 Å². The Morgan fingerprint density at radius 1 is 1.28 bits per heavy atom. The van der Waals surface area contributed by atoms with Crippen LogP contribution in [0.25, 0.3) is 10.9 Å². The van der Waals surface area contributed by atoms with Gasteiger partial charge in [-0.2, -0.15) is 0 Å². The van der Waals surface area contributed by atoms with Crippen molar-refractivity contribution in [2.75, 3.05) is 13.1 Å². The fourth-order valence-electron chi connectivity index (χ4n) is 2.96. The fourth-order valence-corrected chi connectivity index (χ4v) is 3.16. The molecular formula is C19H21ClN2O3. The highest BCUT2D eigenvalue weighted by molar-refractivity contribution is 6.30. The third kappa shape index (κ3) is 4.48. The second-order valence-corrected chi connectivity index (χ2v) is 6.78. The lowest BCUT2D eigenvalue weighted by Crippen LogP contribution is -2.35. The first-order valence-electron chi connectivity index (χ1n) is 8.52. The minimum absolute atomic E-state index is 0.00332. The SMILES string of the molecule is Cc1ccc2cc(COC(=O)CN3CCCCCC3=O)c(Cl)nc2c1. The minimum atomic E-state index is -0.421. The maximum absolute atomic E-state index is 12.1. The Morgan fingerprint density at radius 3 is 2.96 bits per heavy atom. The summed E-state index contributed by atoms with van der Waals surface area (Å²) in [6.07, 6.45) is 3.35. The number of esters is 1. The molecule has 2 heterocycles. The van der Waals surface area contributed by atoms with Gasteiger partial charge in [0.15, 0.2) is 0 Å². The maximum Gasteiger partial charge on any atom is 0.325 e. The lowest BCUT2D eigenvalue weighted by molar-refractivity contribution is -0.150. The van der Waals surface area contributed by atoms with Gasteiger partial charge in [-0.25, -0.2) is 4.98 Å². The number of carbonyl (C=O) groups excluding carboxylic acids is 2. The lowest BCUT2D eigenvalue weighted by Gasteiger charge is -2.19. The molecule has 6 heteroatoms. The first kappa shape index (κ1) is 17.7. The molecule has 1 aromatic carbocycles. The number of ether oxygens (including phenoxy) is 1. The summed E-state index contributed by atoms with van der Waals surface area (Å²) in [5.74, 6) is -0.398. The van der Waals surface area contributed by atoms with E-state index in [0.717, 1.165) is 35.7 Å². The number of benzene rings is 1. The molecule has 1 saturated heterocycles. The normalized spacial score (nSPS) is 15.3. The molecule has 2 aromatic rings. The molecule has 1 aromatic heterocycles. The van der Waals surface area contributed by atoms with Gasteiger partial charge in [-0.05, 0) is 37.5 Å². The Hall–Kier alpha value is -2.14. The molecule has 0 bridgehead atoms. The molecule has 0 N–H and O–H groups in total. The van der Waals surface area contributed by atoms with Gasteiger partial charge in [0.1, 0.15) is 18.3 Å². The monoisotopic (exact) mass is 360 g/mol. The number of aryl methyl sites for hydroxylation is 1. The van der Waals surface area contributed by atoms with Gasteiger partial charge in [0.05, 0.1) is 5.52 Å². The summed E-state index contributed by atoms with van der Waals surface area (Å²) < 4.78 is 5.32. The largest absolute Gasteiger partial charge is 0.459 e. The smallest absolute Gasteiger partial charge is 0.325 e. The van der Waals surface area contributed by atoms with Gasteiger partial charge in [-0.1, -0.05) is 30.2 Å². The molecule has 5 nitrogen and oxygen atoms in total. The molecule has 0 atom stereocenters. The highest BCUT2D eigenvalue weighted by atomic mass is 35.5. The summed E-state index contributed by atoms with van der Waals surface area (Å²) in [5.41, 5.74) is 2.58. The van der Waals surface area contributed by atoms with Crippen molar-refractivity contribution in [3.05, 3.63) is 40.5 Å². The molecule has 1 aliphatic heterocycles. The van der Waals surface area contributed by atoms with Crippen LogP contribution in [0.2, 0.25) is 5.15 Å². The molecule has 0 saturated carbocycles. The van der Waals surface area contributed by atoms with Crippen molar-refractivity contribution in [1.29, 1.82) is 0 Å². The molecule has 25 heavy (non-hydrogen) atoms. The van der Waals surface area contributed by atoms with Crippen LogP contribution in [0.5, 0.6) is 0 Å². The van der Waals surface area contributed by atoms with Gasteiger partial charge in [0.2, 0.25) is 5.91 Å². The number of aromatic nitrogens is 1. The number of amides is 1. The van der Waals surface area contributed by atoms with E-state index in [1.807, 2.05) is 31.2 Å². The van der Waals surface area contributed by atoms with E-state index in [4.69, 9.17) is 16.3 Å². The number of carbonyl (C=O) groups is 2. The van der Waals surface area contributed by atoms with Crippen LogP contribution >= 0.6 is 11.6 Å². The van der Waals surface area contributed by atoms with Gasteiger partial charge in [0, 0.05) is 23.9 Å². The van der Waals surface area contributed by atoms with Crippen molar-refractivity contribution >= 4 is 34.4 Å². The molecule has 0 spiro atoms. The zero-order chi connectivity index (χ0) is 17.8. The number of fused-ring (bicyclic) bond motifs is 1. The van der Waals surface area contributed by atoms with Crippen LogP contribution in [0.15, 0.2) is 24.3 Å². The van der Waals surface area contributed by atoms with Crippen molar-refractivity contribution < 1.29 is 14.3 Å². The van der Waals surface area contributed by atoms with Crippen LogP contribution < -0.4 is 0 Å². The van der Waals surface area contributed by atoms with E-state index in [2.05, 4.69) is 4.98 Å². The standard InChI is InChI=1S/C19H21ClN2O3/c1-13-6-7-14-10-15(19(20)21-16(14)9-13)12-25-18(24)11-22-8-4-2-3-5-17(22)23/h6-7,9-10H,2-5,8,11-12H2,1H3. The molecule has 0 radical (unpaired) electrons. The molecule has 3 rings (SSSR count). The summed E-state index contributed by atoms with van der Waals surface area (Å²) in [4.78, 5) is 30.0. The number of likely N-dealkylation sites (tertiary alicyclic amines) is 1. The Balaban J connectivity index is 1.63. The van der Waals surface area contributed by atoms with Crippen LogP contribution in [0.4, 0.5) is 0 Å². The molecule has 1 aliphatic rings. The number of nitrogens with zero attached hydrogens (tertiary/aromatic N) is 2. The summed E-state index contributed by atoms with van der Waals surface area (Å²) in [6, 6.07) is 7.81. The van der Waals surface area contributed by atoms with Crippen LogP contribution in [0, 0.1) is 6.92 Å². The minimum Gasteiger partial charge on any atom is -0.459 e. The van der Waals surface area contributed by atoms with Gasteiger partial charge >= 0.3 is 5.97 Å². The summed E-state index contributed by atoms with van der Waals surface area (Å²) in [6.45, 7) is 2.66. The molecule has 0 aliphatic carbocycles. The van der Waals surface area contributed by atoms with Crippen molar-refractivity contribution in [1.82, 2.24) is 9.88 Å². The summed E-state index contributed by atoms with van der Waals surface area (Å²) in [5, 5.41) is 1.28. The summed E-state index contributed by atoms with van der Waals surface area (Å²) in [7, 11) is 0. The highest BCUT2D eigenvalue weighted by Gasteiger charge is 2.20. The zero-order valence-corrected chi connectivity index (χ0v) is 15.0. The van der Waals surface area contributed by atoms with E-state index in [0.29, 0.717) is 23.7 Å². The number of hydrogen-bond donors (Lipinski definition) is 0. The number of rotatable bonds is 4. The number of pyridine rings is 1. The van der Waals surface area contributed by atoms with E-state index in [1.165, 1.54) is 0 Å². The first-order valence-corrected chi connectivity index (χ1v) is 8.90. The third-order valence-electron chi connectivity index (χ3n) is 4.38. The van der Waals surface area contributed by atoms with Crippen LogP contribution in [0.1, 0.15) is 36.8 Å². The Morgan fingerprint density at radius 2 is 2.12 bits per heavy atom. The predicted octanol–water partition coefficient (Wildman–Crippen LogP) is 3.64. The fraction of sp³-hybridized carbons (Fsp3) is 0.421. The van der Waals surface area contributed by atoms with Crippen molar-refractivity contribution in [3.8, 4) is 0 Å². The third-order valence-corrected chi connectivity index (χ3v) is 4.71. The van der Waals surface area contributed by atoms with E-state index in [-0.39, 0.29) is 19.1 Å². The second-order valence-electron chi connectivity index (χ2n) is 6.42. The lowest BCUT2D eigenvalue weighted by atomic mass is 10.1. The molecule has 0 unspecified atom stereocenters. The van der Waals surface area contributed by atoms with E-state index in [9.17, 15) is 9.59 Å². The molecule has 1 amide bonds. The number of hydrogen-bond acceptors (Lipinski definition) is 4. The highest BCUT2D eigenvalue weighted by Crippen LogP contribution is 2.22.